The van der Waals surface area contributed by atoms with Gasteiger partial charge in [0, 0.05) is 46.0 Å². The van der Waals surface area contributed by atoms with Gasteiger partial charge in [0.05, 0.1) is 0 Å². The predicted molar refractivity (Wildman–Crippen MR) is 96.4 cm³/mol. The molecule has 2 heterocycles. The maximum Gasteiger partial charge on any atom is 0.410 e. The van der Waals surface area contributed by atoms with Crippen molar-refractivity contribution in [3.8, 4) is 0 Å². The van der Waals surface area contributed by atoms with Gasteiger partial charge < -0.3 is 14.5 Å². The second kappa shape index (κ2) is 8.33. The largest absolute Gasteiger partial charge is 0.444 e. The number of aromatic nitrogens is 1. The van der Waals surface area contributed by atoms with Gasteiger partial charge in [-0.1, -0.05) is 6.07 Å². The number of hydrogen-bond donors (Lipinski definition) is 0. The second-order valence-corrected chi connectivity index (χ2v) is 7.27. The second-order valence-electron chi connectivity index (χ2n) is 7.27. The van der Waals surface area contributed by atoms with E-state index in [4.69, 9.17) is 4.74 Å². The number of piperazine rings is 1. The van der Waals surface area contributed by atoms with Gasteiger partial charge in [0.25, 0.3) is 0 Å². The summed E-state index contributed by atoms with van der Waals surface area (Å²) in [5, 5.41) is 0. The SMILES string of the molecule is CN(CCCN1CCN(c2ccccn2)CC1)C(=O)OC(C)(C)C. The van der Waals surface area contributed by atoms with Gasteiger partial charge in [-0.25, -0.2) is 9.78 Å². The Morgan fingerprint density at radius 1 is 1.25 bits per heavy atom. The van der Waals surface area contributed by atoms with Gasteiger partial charge in [-0.2, -0.15) is 0 Å². The highest BCUT2D eigenvalue weighted by atomic mass is 16.6. The number of hydrogen-bond acceptors (Lipinski definition) is 5. The summed E-state index contributed by atoms with van der Waals surface area (Å²) in [7, 11) is 1.80. The quantitative estimate of drug-likeness (QED) is 0.828. The Morgan fingerprint density at radius 3 is 2.54 bits per heavy atom. The molecule has 0 spiro atoms. The standard InChI is InChI=1S/C18H30N4O2/c1-18(2,3)24-17(23)20(4)10-7-11-21-12-14-22(15-13-21)16-8-5-6-9-19-16/h5-6,8-9H,7,10-15H2,1-4H3. The van der Waals surface area contributed by atoms with E-state index in [0.29, 0.717) is 0 Å². The minimum Gasteiger partial charge on any atom is -0.444 e. The Kier molecular flexibility index (Phi) is 6.43. The Morgan fingerprint density at radius 2 is 1.96 bits per heavy atom. The van der Waals surface area contributed by atoms with Crippen molar-refractivity contribution in [1.29, 1.82) is 0 Å². The Bertz CT molecular complexity index is 508. The van der Waals surface area contributed by atoms with Crippen molar-refractivity contribution in [2.75, 3.05) is 51.2 Å². The van der Waals surface area contributed by atoms with Crippen LogP contribution in [0.3, 0.4) is 0 Å². The van der Waals surface area contributed by atoms with Gasteiger partial charge >= 0.3 is 6.09 Å². The third-order valence-electron chi connectivity index (χ3n) is 4.02. The zero-order chi connectivity index (χ0) is 17.6. The number of rotatable bonds is 5. The summed E-state index contributed by atoms with van der Waals surface area (Å²) in [5.74, 6) is 1.06. The maximum atomic E-state index is 11.9. The lowest BCUT2D eigenvalue weighted by molar-refractivity contribution is 0.0292. The fraction of sp³-hybridized carbons (Fsp3) is 0.667. The molecule has 0 unspecified atom stereocenters. The molecule has 24 heavy (non-hydrogen) atoms. The fourth-order valence-corrected chi connectivity index (χ4v) is 2.70. The molecular weight excluding hydrogens is 304 g/mol. The van der Waals surface area contributed by atoms with E-state index in [2.05, 4.69) is 20.9 Å². The molecule has 6 heteroatoms. The number of pyridine rings is 1. The molecule has 1 aromatic heterocycles. The number of amides is 1. The summed E-state index contributed by atoms with van der Waals surface area (Å²) in [6.07, 6.45) is 2.55. The van der Waals surface area contributed by atoms with E-state index in [9.17, 15) is 4.79 Å². The molecule has 1 aliphatic heterocycles. The third kappa shape index (κ3) is 6.00. The number of nitrogens with zero attached hydrogens (tertiary/aromatic N) is 4. The Labute approximate surface area is 145 Å². The maximum absolute atomic E-state index is 11.9. The minimum atomic E-state index is -0.437. The zero-order valence-corrected chi connectivity index (χ0v) is 15.4. The van der Waals surface area contributed by atoms with Gasteiger partial charge in [-0.15, -0.1) is 0 Å². The molecule has 2 rings (SSSR count). The first-order valence-corrected chi connectivity index (χ1v) is 8.67. The van der Waals surface area contributed by atoms with Crippen LogP contribution in [-0.4, -0.2) is 72.8 Å². The topological polar surface area (TPSA) is 48.9 Å². The fourth-order valence-electron chi connectivity index (χ4n) is 2.70. The number of anilines is 1. The van der Waals surface area contributed by atoms with Crippen molar-refractivity contribution < 1.29 is 9.53 Å². The summed E-state index contributed by atoms with van der Waals surface area (Å²) >= 11 is 0. The number of carbonyl (C=O) groups is 1. The van der Waals surface area contributed by atoms with Crippen LogP contribution in [0.2, 0.25) is 0 Å². The molecule has 6 nitrogen and oxygen atoms in total. The predicted octanol–water partition coefficient (Wildman–Crippen LogP) is 2.46. The van der Waals surface area contributed by atoms with Crippen molar-refractivity contribution in [3.63, 3.8) is 0 Å². The van der Waals surface area contributed by atoms with Crippen molar-refractivity contribution in [2.45, 2.75) is 32.8 Å². The first-order chi connectivity index (χ1) is 11.3. The molecule has 0 N–H and O–H groups in total. The molecule has 1 saturated heterocycles. The van der Waals surface area contributed by atoms with Crippen LogP contribution in [0.15, 0.2) is 24.4 Å². The van der Waals surface area contributed by atoms with Crippen LogP contribution < -0.4 is 4.90 Å². The molecule has 0 atom stereocenters. The Hall–Kier alpha value is -1.82. The van der Waals surface area contributed by atoms with Crippen LogP contribution in [-0.2, 0) is 4.74 Å². The zero-order valence-electron chi connectivity index (χ0n) is 15.4. The molecular formula is C18H30N4O2. The first-order valence-electron chi connectivity index (χ1n) is 8.67. The van der Waals surface area contributed by atoms with Gasteiger partial charge in [0.1, 0.15) is 11.4 Å². The van der Waals surface area contributed by atoms with Gasteiger partial charge in [-0.05, 0) is 45.9 Å². The van der Waals surface area contributed by atoms with Crippen molar-refractivity contribution >= 4 is 11.9 Å². The summed E-state index contributed by atoms with van der Waals surface area (Å²) in [6.45, 7) is 11.5. The molecule has 0 aromatic carbocycles. The summed E-state index contributed by atoms with van der Waals surface area (Å²) < 4.78 is 5.36. The highest BCUT2D eigenvalue weighted by molar-refractivity contribution is 5.67. The van der Waals surface area contributed by atoms with Crippen LogP contribution in [0.4, 0.5) is 10.6 Å². The summed E-state index contributed by atoms with van der Waals surface area (Å²) in [4.78, 5) is 22.8. The van der Waals surface area contributed by atoms with Crippen LogP contribution in [0, 0.1) is 0 Å². The lowest BCUT2D eigenvalue weighted by atomic mass is 10.2. The van der Waals surface area contributed by atoms with E-state index in [1.54, 1.807) is 11.9 Å². The average Bonchev–Trinajstić information content (AvgIpc) is 2.54. The van der Waals surface area contributed by atoms with Crippen molar-refractivity contribution in [2.24, 2.45) is 0 Å². The highest BCUT2D eigenvalue weighted by Crippen LogP contribution is 2.13. The molecule has 0 saturated carbocycles. The third-order valence-corrected chi connectivity index (χ3v) is 4.02. The lowest BCUT2D eigenvalue weighted by Crippen LogP contribution is -2.47. The first kappa shape index (κ1) is 18.5. The van der Waals surface area contributed by atoms with Crippen molar-refractivity contribution in [3.05, 3.63) is 24.4 Å². The van der Waals surface area contributed by atoms with Crippen LogP contribution in [0.25, 0.3) is 0 Å². The lowest BCUT2D eigenvalue weighted by Gasteiger charge is -2.35. The Balaban J connectivity index is 1.65. The number of ether oxygens (including phenoxy) is 1. The van der Waals surface area contributed by atoms with E-state index in [0.717, 1.165) is 51.5 Å². The highest BCUT2D eigenvalue weighted by Gasteiger charge is 2.20. The molecule has 1 aromatic rings. The van der Waals surface area contributed by atoms with Gasteiger partial charge in [0.2, 0.25) is 0 Å². The van der Waals surface area contributed by atoms with E-state index < -0.39 is 5.60 Å². The number of carbonyl (C=O) groups excluding carboxylic acids is 1. The van der Waals surface area contributed by atoms with E-state index >= 15 is 0 Å². The van der Waals surface area contributed by atoms with Gasteiger partial charge in [0.15, 0.2) is 0 Å². The summed E-state index contributed by atoms with van der Waals surface area (Å²) in [6, 6.07) is 6.04. The summed E-state index contributed by atoms with van der Waals surface area (Å²) in [5.41, 5.74) is -0.437. The average molecular weight is 334 g/mol. The molecule has 0 bridgehead atoms. The van der Waals surface area contributed by atoms with E-state index in [1.165, 1.54) is 0 Å². The van der Waals surface area contributed by atoms with Crippen LogP contribution in [0.1, 0.15) is 27.2 Å². The molecule has 1 aliphatic rings. The van der Waals surface area contributed by atoms with Gasteiger partial charge in [-0.3, -0.25) is 4.90 Å². The molecule has 0 radical (unpaired) electrons. The normalized spacial score (nSPS) is 16.1. The van der Waals surface area contributed by atoms with Crippen LogP contribution in [0.5, 0.6) is 0 Å². The van der Waals surface area contributed by atoms with Crippen molar-refractivity contribution in [1.82, 2.24) is 14.8 Å². The van der Waals surface area contributed by atoms with E-state index in [-0.39, 0.29) is 6.09 Å². The monoisotopic (exact) mass is 334 g/mol. The molecule has 134 valence electrons. The minimum absolute atomic E-state index is 0.248. The van der Waals surface area contributed by atoms with Crippen LogP contribution >= 0.6 is 0 Å². The molecule has 0 aliphatic carbocycles. The molecule has 1 fully saturated rings. The molecule has 1 amide bonds. The smallest absolute Gasteiger partial charge is 0.410 e. The van der Waals surface area contributed by atoms with E-state index in [1.807, 2.05) is 39.1 Å².